The fourth-order valence-electron chi connectivity index (χ4n) is 2.62. The molecule has 1 N–H and O–H groups in total. The van der Waals surface area contributed by atoms with Crippen molar-refractivity contribution < 1.29 is 4.74 Å². The second-order valence-electron chi connectivity index (χ2n) is 7.18. The lowest BCUT2D eigenvalue weighted by Crippen LogP contribution is -2.25. The number of nitrogens with one attached hydrogen (secondary N) is 1. The van der Waals surface area contributed by atoms with Crippen molar-refractivity contribution in [3.63, 3.8) is 0 Å². The number of hydrazone groups is 1. The quantitative estimate of drug-likeness (QED) is 0.463. The maximum Gasteiger partial charge on any atom is 0.142 e. The first-order chi connectivity index (χ1) is 10.9. The molecule has 2 aromatic heterocycles. The third-order valence-electron chi connectivity index (χ3n) is 4.03. The number of nitrogens with zero attached hydrogens (tertiary/aromatic N) is 3. The van der Waals surface area contributed by atoms with Crippen LogP contribution in [0.3, 0.4) is 0 Å². The van der Waals surface area contributed by atoms with Gasteiger partial charge in [0.2, 0.25) is 0 Å². The number of hydrogen-bond acceptors (Lipinski definition) is 4. The Morgan fingerprint density at radius 2 is 2.22 bits per heavy atom. The molecule has 3 heterocycles. The van der Waals surface area contributed by atoms with Gasteiger partial charge in [0, 0.05) is 38.7 Å². The molecule has 0 saturated carbocycles. The van der Waals surface area contributed by atoms with Crippen LogP contribution in [-0.4, -0.2) is 37.0 Å². The molecule has 124 valence electrons. The van der Waals surface area contributed by atoms with E-state index in [1.54, 1.807) is 0 Å². The van der Waals surface area contributed by atoms with Crippen LogP contribution in [0.25, 0.3) is 11.0 Å². The van der Waals surface area contributed by atoms with Crippen molar-refractivity contribution >= 4 is 41.3 Å². The maximum absolute atomic E-state index is 5.86. The van der Waals surface area contributed by atoms with Gasteiger partial charge in [-0.15, -0.1) is 0 Å². The van der Waals surface area contributed by atoms with Crippen molar-refractivity contribution in [2.45, 2.75) is 36.7 Å². The minimum atomic E-state index is -1.05. The highest BCUT2D eigenvalue weighted by atomic mass is 79.9. The van der Waals surface area contributed by atoms with Crippen molar-refractivity contribution in [2.24, 2.45) is 5.10 Å². The molecule has 0 aromatic carbocycles. The molecule has 0 radical (unpaired) electrons. The lowest BCUT2D eigenvalue weighted by Gasteiger charge is -2.19. The summed E-state index contributed by atoms with van der Waals surface area (Å²) in [7, 11) is -1.05. The Labute approximate surface area is 146 Å². The molecule has 0 saturated heterocycles. The fourth-order valence-corrected chi connectivity index (χ4v) is 3.95. The van der Waals surface area contributed by atoms with Gasteiger partial charge in [0.05, 0.1) is 6.54 Å². The van der Waals surface area contributed by atoms with Gasteiger partial charge in [0.25, 0.3) is 0 Å². The van der Waals surface area contributed by atoms with Crippen molar-refractivity contribution in [3.05, 3.63) is 30.1 Å². The number of fused-ring (bicyclic) bond motifs is 1. The molecule has 1 aliphatic rings. The van der Waals surface area contributed by atoms with E-state index in [2.05, 4.69) is 61.7 Å². The minimum Gasteiger partial charge on any atom is -0.361 e. The van der Waals surface area contributed by atoms with Gasteiger partial charge in [0.15, 0.2) is 0 Å². The van der Waals surface area contributed by atoms with Gasteiger partial charge in [-0.2, -0.15) is 5.10 Å². The van der Waals surface area contributed by atoms with Gasteiger partial charge in [-0.3, -0.25) is 0 Å². The van der Waals surface area contributed by atoms with Gasteiger partial charge < -0.3 is 14.7 Å². The van der Waals surface area contributed by atoms with E-state index in [9.17, 15) is 0 Å². The van der Waals surface area contributed by atoms with Gasteiger partial charge in [-0.05, 0) is 23.7 Å². The SMILES string of the molecule is C[Si](C)(C)CCOCn1ccc2c(C3(Br)C=NNC3)ccnc21. The molecule has 1 unspecified atom stereocenters. The number of rotatable bonds is 6. The Morgan fingerprint density at radius 1 is 1.39 bits per heavy atom. The highest BCUT2D eigenvalue weighted by molar-refractivity contribution is 9.10. The highest BCUT2D eigenvalue weighted by Gasteiger charge is 2.32. The summed E-state index contributed by atoms with van der Waals surface area (Å²) in [5.41, 5.74) is 5.14. The standard InChI is InChI=1S/C16H23BrN4OSi/c1-23(2,3)9-8-22-12-21-7-5-13-14(4-6-18-15(13)21)16(17)10-19-20-11-16/h4-7,10,20H,8-9,11-12H2,1-3H3. The van der Waals surface area contributed by atoms with E-state index in [0.29, 0.717) is 6.73 Å². The molecular weight excluding hydrogens is 372 g/mol. The van der Waals surface area contributed by atoms with E-state index < -0.39 is 8.07 Å². The molecule has 1 aliphatic heterocycles. The van der Waals surface area contributed by atoms with Crippen LogP contribution in [0.2, 0.25) is 25.7 Å². The fraction of sp³-hybridized carbons (Fsp3) is 0.500. The minimum absolute atomic E-state index is 0.265. The number of alkyl halides is 1. The average molecular weight is 395 g/mol. The summed E-state index contributed by atoms with van der Waals surface area (Å²) in [6.07, 6.45) is 5.81. The van der Waals surface area contributed by atoms with E-state index in [1.807, 2.05) is 24.7 Å². The second-order valence-corrected chi connectivity index (χ2v) is 14.2. The summed E-state index contributed by atoms with van der Waals surface area (Å²) in [4.78, 5) is 4.54. The van der Waals surface area contributed by atoms with E-state index in [4.69, 9.17) is 4.74 Å². The number of halogens is 1. The Bertz CT molecular complexity index is 724. The third kappa shape index (κ3) is 3.67. The van der Waals surface area contributed by atoms with Crippen molar-refractivity contribution in [1.29, 1.82) is 0 Å². The normalized spacial score (nSPS) is 21.0. The Kier molecular flexibility index (Phi) is 4.62. The molecule has 0 bridgehead atoms. The predicted molar refractivity (Wildman–Crippen MR) is 101 cm³/mol. The molecule has 0 aliphatic carbocycles. The van der Waals surface area contributed by atoms with E-state index in [-0.39, 0.29) is 4.32 Å². The van der Waals surface area contributed by atoms with Crippen LogP contribution in [0.5, 0.6) is 0 Å². The van der Waals surface area contributed by atoms with Crippen LogP contribution >= 0.6 is 15.9 Å². The largest absolute Gasteiger partial charge is 0.361 e. The molecule has 1 atom stereocenters. The number of ether oxygens (including phenoxy) is 1. The molecular formula is C16H23BrN4OSi. The molecule has 7 heteroatoms. The lowest BCUT2D eigenvalue weighted by atomic mass is 9.99. The van der Waals surface area contributed by atoms with Gasteiger partial charge in [-0.25, -0.2) is 4.98 Å². The van der Waals surface area contributed by atoms with Crippen molar-refractivity contribution in [3.8, 4) is 0 Å². The monoisotopic (exact) mass is 394 g/mol. The van der Waals surface area contributed by atoms with Crippen LogP contribution < -0.4 is 5.43 Å². The van der Waals surface area contributed by atoms with Gasteiger partial charge >= 0.3 is 0 Å². The summed E-state index contributed by atoms with van der Waals surface area (Å²) < 4.78 is 7.66. The van der Waals surface area contributed by atoms with Gasteiger partial charge in [-0.1, -0.05) is 35.6 Å². The first-order valence-corrected chi connectivity index (χ1v) is 12.4. The van der Waals surface area contributed by atoms with Crippen LogP contribution in [0.1, 0.15) is 5.56 Å². The molecule has 0 spiro atoms. The molecule has 0 amide bonds. The summed E-state index contributed by atoms with van der Waals surface area (Å²) >= 11 is 3.79. The highest BCUT2D eigenvalue weighted by Crippen LogP contribution is 2.35. The van der Waals surface area contributed by atoms with Crippen molar-refractivity contribution in [2.75, 3.05) is 13.2 Å². The number of hydrogen-bond donors (Lipinski definition) is 1. The molecule has 0 fully saturated rings. The Balaban J connectivity index is 1.78. The first-order valence-electron chi connectivity index (χ1n) is 7.87. The van der Waals surface area contributed by atoms with Crippen LogP contribution in [0.15, 0.2) is 29.6 Å². The van der Waals surface area contributed by atoms with E-state index in [1.165, 1.54) is 11.6 Å². The number of pyridine rings is 1. The van der Waals surface area contributed by atoms with E-state index >= 15 is 0 Å². The zero-order valence-corrected chi connectivity index (χ0v) is 16.4. The third-order valence-corrected chi connectivity index (χ3v) is 6.65. The zero-order chi connectivity index (χ0) is 16.5. The van der Waals surface area contributed by atoms with E-state index in [0.717, 1.165) is 24.2 Å². The smallest absolute Gasteiger partial charge is 0.142 e. The maximum atomic E-state index is 5.86. The molecule has 2 aromatic rings. The van der Waals surface area contributed by atoms with Crippen molar-refractivity contribution in [1.82, 2.24) is 15.0 Å². The summed E-state index contributed by atoms with van der Waals surface area (Å²) in [6, 6.07) is 5.33. The molecule has 23 heavy (non-hydrogen) atoms. The topological polar surface area (TPSA) is 51.4 Å². The first kappa shape index (κ1) is 16.7. The second kappa shape index (κ2) is 6.37. The summed E-state index contributed by atoms with van der Waals surface area (Å²) in [6.45, 7) is 9.19. The number of aromatic nitrogens is 2. The van der Waals surface area contributed by atoms with Crippen LogP contribution in [0, 0.1) is 0 Å². The van der Waals surface area contributed by atoms with Crippen LogP contribution in [-0.2, 0) is 15.8 Å². The molecule has 5 nitrogen and oxygen atoms in total. The van der Waals surface area contributed by atoms with Crippen LogP contribution in [0.4, 0.5) is 0 Å². The predicted octanol–water partition coefficient (Wildman–Crippen LogP) is 3.53. The summed E-state index contributed by atoms with van der Waals surface area (Å²) in [5.74, 6) is 0. The van der Waals surface area contributed by atoms with Gasteiger partial charge in [0.1, 0.15) is 16.7 Å². The Hall–Kier alpha value is -1.18. The Morgan fingerprint density at radius 3 is 2.91 bits per heavy atom. The average Bonchev–Trinajstić information content (AvgIpc) is 3.10. The zero-order valence-electron chi connectivity index (χ0n) is 13.8. The lowest BCUT2D eigenvalue weighted by molar-refractivity contribution is 0.0899. The summed E-state index contributed by atoms with van der Waals surface area (Å²) in [5, 5.41) is 5.27. The molecule has 3 rings (SSSR count).